The van der Waals surface area contributed by atoms with Crippen molar-refractivity contribution < 1.29 is 8.42 Å². The quantitative estimate of drug-likeness (QED) is 0.670. The van der Waals surface area contributed by atoms with Crippen LogP contribution in [0.3, 0.4) is 0 Å². The van der Waals surface area contributed by atoms with Crippen molar-refractivity contribution in [3.05, 3.63) is 12.7 Å². The maximum atomic E-state index is 11.5. The highest BCUT2D eigenvalue weighted by molar-refractivity contribution is 7.89. The summed E-state index contributed by atoms with van der Waals surface area (Å²) in [4.78, 5) is 0. The minimum Gasteiger partial charge on any atom is -0.313 e. The van der Waals surface area contributed by atoms with Crippen molar-refractivity contribution in [3.8, 4) is 0 Å². The Labute approximate surface area is 86.0 Å². The summed E-state index contributed by atoms with van der Waals surface area (Å²) in [5.74, 6) is 0.0240. The molecule has 1 aliphatic heterocycles. The fourth-order valence-electron chi connectivity index (χ4n) is 1.61. The van der Waals surface area contributed by atoms with Gasteiger partial charge in [-0.1, -0.05) is 6.08 Å². The number of nitrogens with zero attached hydrogens (tertiary/aromatic N) is 1. The van der Waals surface area contributed by atoms with Crippen LogP contribution in [-0.2, 0) is 10.0 Å². The fraction of sp³-hybridized carbons (Fsp3) is 0.778. The molecule has 0 amide bonds. The Balaban J connectivity index is 2.47. The summed E-state index contributed by atoms with van der Waals surface area (Å²) in [7, 11) is -1.50. The summed E-state index contributed by atoms with van der Waals surface area (Å²) in [6.07, 6.45) is 3.63. The lowest BCUT2D eigenvalue weighted by molar-refractivity contribution is 0.419. The third-order valence-electron chi connectivity index (χ3n) is 2.44. The number of sulfonamides is 1. The highest BCUT2D eigenvalue weighted by atomic mass is 32.2. The van der Waals surface area contributed by atoms with E-state index in [1.54, 1.807) is 7.05 Å². The number of hydrogen-bond donors (Lipinski definition) is 1. The molecule has 0 aromatic heterocycles. The first kappa shape index (κ1) is 11.7. The second kappa shape index (κ2) is 4.91. The molecule has 1 fully saturated rings. The van der Waals surface area contributed by atoms with E-state index < -0.39 is 10.0 Å². The van der Waals surface area contributed by atoms with E-state index in [1.807, 2.05) is 0 Å². The van der Waals surface area contributed by atoms with Gasteiger partial charge in [0.1, 0.15) is 0 Å². The van der Waals surface area contributed by atoms with Crippen molar-refractivity contribution in [1.82, 2.24) is 9.62 Å². The average molecular weight is 218 g/mol. The van der Waals surface area contributed by atoms with E-state index >= 15 is 0 Å². The summed E-state index contributed by atoms with van der Waals surface area (Å²) in [5.41, 5.74) is 0. The first-order valence-corrected chi connectivity index (χ1v) is 6.45. The van der Waals surface area contributed by atoms with Gasteiger partial charge < -0.3 is 5.32 Å². The topological polar surface area (TPSA) is 49.4 Å². The summed E-state index contributed by atoms with van der Waals surface area (Å²) < 4.78 is 24.5. The molecule has 1 atom stereocenters. The highest BCUT2D eigenvalue weighted by Gasteiger charge is 2.22. The predicted molar refractivity (Wildman–Crippen MR) is 57.6 cm³/mol. The van der Waals surface area contributed by atoms with Crippen molar-refractivity contribution in [3.63, 3.8) is 0 Å². The van der Waals surface area contributed by atoms with Gasteiger partial charge in [-0.15, -0.1) is 6.58 Å². The van der Waals surface area contributed by atoms with Gasteiger partial charge in [0.2, 0.25) is 10.0 Å². The molecule has 14 heavy (non-hydrogen) atoms. The molecule has 1 heterocycles. The summed E-state index contributed by atoms with van der Waals surface area (Å²) in [6.45, 7) is 5.00. The van der Waals surface area contributed by atoms with Crippen LogP contribution in [-0.4, -0.2) is 44.7 Å². The lowest BCUT2D eigenvalue weighted by atomic mass is 10.2. The number of hydrogen-bond acceptors (Lipinski definition) is 3. The SMILES string of the molecule is C=CCS(=O)(=O)N(C)CC1CCCN1. The third kappa shape index (κ3) is 3.08. The van der Waals surface area contributed by atoms with Gasteiger partial charge >= 0.3 is 0 Å². The van der Waals surface area contributed by atoms with Gasteiger partial charge in [0.05, 0.1) is 5.75 Å². The standard InChI is InChI=1S/C9H18N2O2S/c1-3-7-14(12,13)11(2)8-9-5-4-6-10-9/h3,9-10H,1,4-8H2,2H3. The molecule has 0 spiro atoms. The number of nitrogens with one attached hydrogen (secondary N) is 1. The van der Waals surface area contributed by atoms with Crippen molar-refractivity contribution in [1.29, 1.82) is 0 Å². The van der Waals surface area contributed by atoms with E-state index in [0.29, 0.717) is 12.6 Å². The largest absolute Gasteiger partial charge is 0.313 e. The van der Waals surface area contributed by atoms with E-state index in [4.69, 9.17) is 0 Å². The van der Waals surface area contributed by atoms with Crippen LogP contribution < -0.4 is 5.32 Å². The second-order valence-electron chi connectivity index (χ2n) is 3.64. The smallest absolute Gasteiger partial charge is 0.217 e. The van der Waals surface area contributed by atoms with Crippen LogP contribution in [0, 0.1) is 0 Å². The van der Waals surface area contributed by atoms with Crippen LogP contribution in [0.2, 0.25) is 0 Å². The first-order chi connectivity index (χ1) is 6.56. The second-order valence-corrected chi connectivity index (χ2v) is 5.76. The van der Waals surface area contributed by atoms with Crippen LogP contribution in [0.1, 0.15) is 12.8 Å². The molecular weight excluding hydrogens is 200 g/mol. The Morgan fingerprint density at radius 1 is 1.64 bits per heavy atom. The minimum absolute atomic E-state index is 0.0240. The van der Waals surface area contributed by atoms with E-state index in [1.165, 1.54) is 10.4 Å². The first-order valence-electron chi connectivity index (χ1n) is 4.84. The van der Waals surface area contributed by atoms with Crippen molar-refractivity contribution in [2.75, 3.05) is 25.9 Å². The minimum atomic E-state index is -3.12. The fourth-order valence-corrected chi connectivity index (χ4v) is 2.57. The Bertz CT molecular complexity index is 281. The van der Waals surface area contributed by atoms with Crippen molar-refractivity contribution >= 4 is 10.0 Å². The molecule has 0 bridgehead atoms. The molecule has 4 nitrogen and oxygen atoms in total. The van der Waals surface area contributed by atoms with Gasteiger partial charge in [0.25, 0.3) is 0 Å². The van der Waals surface area contributed by atoms with Crippen LogP contribution in [0.25, 0.3) is 0 Å². The molecule has 1 N–H and O–H groups in total. The molecule has 5 heteroatoms. The maximum absolute atomic E-state index is 11.5. The van der Waals surface area contributed by atoms with Crippen molar-refractivity contribution in [2.24, 2.45) is 0 Å². The molecule has 1 saturated heterocycles. The Kier molecular flexibility index (Phi) is 4.10. The lowest BCUT2D eigenvalue weighted by Crippen LogP contribution is -2.39. The van der Waals surface area contributed by atoms with Gasteiger partial charge in [-0.25, -0.2) is 12.7 Å². The van der Waals surface area contributed by atoms with E-state index in [2.05, 4.69) is 11.9 Å². The normalized spacial score (nSPS) is 22.9. The lowest BCUT2D eigenvalue weighted by Gasteiger charge is -2.20. The van der Waals surface area contributed by atoms with Gasteiger partial charge in [0.15, 0.2) is 0 Å². The highest BCUT2D eigenvalue weighted by Crippen LogP contribution is 2.08. The van der Waals surface area contributed by atoms with E-state index in [0.717, 1.165) is 19.4 Å². The van der Waals surface area contributed by atoms with E-state index in [-0.39, 0.29) is 5.75 Å². The van der Waals surface area contributed by atoms with Gasteiger partial charge in [-0.2, -0.15) is 0 Å². The number of rotatable bonds is 5. The van der Waals surface area contributed by atoms with Crippen LogP contribution in [0.5, 0.6) is 0 Å². The molecule has 0 saturated carbocycles. The molecule has 1 rings (SSSR count). The summed E-state index contributed by atoms with van der Waals surface area (Å²) in [6, 6.07) is 0.319. The van der Waals surface area contributed by atoms with Gasteiger partial charge in [0, 0.05) is 19.6 Å². The van der Waals surface area contributed by atoms with Crippen molar-refractivity contribution in [2.45, 2.75) is 18.9 Å². The molecule has 1 unspecified atom stereocenters. The Hall–Kier alpha value is -0.390. The monoisotopic (exact) mass is 218 g/mol. The summed E-state index contributed by atoms with van der Waals surface area (Å²) >= 11 is 0. The Morgan fingerprint density at radius 3 is 2.86 bits per heavy atom. The average Bonchev–Trinajstić information content (AvgIpc) is 2.56. The molecule has 0 aliphatic carbocycles. The van der Waals surface area contributed by atoms with Gasteiger partial charge in [-0.05, 0) is 19.4 Å². The maximum Gasteiger partial charge on any atom is 0.217 e. The van der Waals surface area contributed by atoms with Crippen LogP contribution in [0.15, 0.2) is 12.7 Å². The zero-order valence-electron chi connectivity index (χ0n) is 8.57. The molecule has 82 valence electrons. The molecule has 0 aromatic rings. The predicted octanol–water partition coefficient (Wildman–Crippen LogP) is 0.186. The molecule has 1 aliphatic rings. The third-order valence-corrected chi connectivity index (χ3v) is 4.20. The number of likely N-dealkylation sites (N-methyl/N-ethyl adjacent to an activating group) is 1. The molecular formula is C9H18N2O2S. The molecule has 0 aromatic carbocycles. The van der Waals surface area contributed by atoms with Crippen LogP contribution >= 0.6 is 0 Å². The zero-order chi connectivity index (χ0) is 10.6. The van der Waals surface area contributed by atoms with Crippen LogP contribution in [0.4, 0.5) is 0 Å². The Morgan fingerprint density at radius 2 is 2.36 bits per heavy atom. The van der Waals surface area contributed by atoms with Gasteiger partial charge in [-0.3, -0.25) is 0 Å². The summed E-state index contributed by atoms with van der Waals surface area (Å²) in [5, 5.41) is 3.27. The molecule has 0 radical (unpaired) electrons. The van der Waals surface area contributed by atoms with E-state index in [9.17, 15) is 8.42 Å². The zero-order valence-corrected chi connectivity index (χ0v) is 9.39.